The molecule has 2 N–H and O–H groups in total. The molecule has 0 aromatic heterocycles. The molecule has 0 bridgehead atoms. The zero-order valence-corrected chi connectivity index (χ0v) is 17.1. The molecule has 2 aliphatic rings. The molecular weight excluding hydrogens is 397 g/mol. The highest BCUT2D eigenvalue weighted by Gasteiger charge is 2.33. The largest absolute Gasteiger partial charge is 0.352 e. The van der Waals surface area contributed by atoms with E-state index in [2.05, 4.69) is 28.7 Å². The summed E-state index contributed by atoms with van der Waals surface area (Å²) >= 11 is 18.4. The van der Waals surface area contributed by atoms with E-state index in [1.165, 1.54) is 5.57 Å². The molecule has 0 saturated heterocycles. The first kappa shape index (κ1) is 18.5. The minimum absolute atomic E-state index is 0.0557. The van der Waals surface area contributed by atoms with Gasteiger partial charge in [-0.1, -0.05) is 59.6 Å². The standard InChI is InChI=1S/C21H19Cl2N3S/c1-26-11-14(10-13-6-2-4-8-17(13)22)19-16(12-26)20(25-21(27)24-19)15-7-3-5-9-18(15)23/h2-10,20H,11-12H2,1H3,(H2,24,25,27)/b14-10+/t20-/m0/s1. The van der Waals surface area contributed by atoms with Gasteiger partial charge in [0, 0.05) is 28.8 Å². The molecule has 4 rings (SSSR count). The summed E-state index contributed by atoms with van der Waals surface area (Å²) in [7, 11) is 2.11. The quantitative estimate of drug-likeness (QED) is 0.689. The van der Waals surface area contributed by atoms with Gasteiger partial charge in [-0.2, -0.15) is 0 Å². The number of nitrogens with zero attached hydrogens (tertiary/aromatic N) is 1. The molecule has 2 heterocycles. The summed E-state index contributed by atoms with van der Waals surface area (Å²) < 4.78 is 0. The van der Waals surface area contributed by atoms with Crippen LogP contribution >= 0.6 is 35.4 Å². The normalized spacial score (nSPS) is 21.7. The van der Waals surface area contributed by atoms with Crippen LogP contribution in [0.1, 0.15) is 17.2 Å². The van der Waals surface area contributed by atoms with Gasteiger partial charge in [0.2, 0.25) is 0 Å². The van der Waals surface area contributed by atoms with Crippen molar-refractivity contribution in [2.45, 2.75) is 6.04 Å². The van der Waals surface area contributed by atoms with Crippen LogP contribution in [0.25, 0.3) is 6.08 Å². The predicted octanol–water partition coefficient (Wildman–Crippen LogP) is 4.80. The zero-order valence-electron chi connectivity index (χ0n) is 14.8. The van der Waals surface area contributed by atoms with Crippen molar-refractivity contribution in [3.63, 3.8) is 0 Å². The molecule has 0 amide bonds. The molecule has 0 spiro atoms. The number of thiocarbonyl (C=S) groups is 1. The van der Waals surface area contributed by atoms with Crippen molar-refractivity contribution < 1.29 is 0 Å². The van der Waals surface area contributed by atoms with Crippen LogP contribution < -0.4 is 10.6 Å². The van der Waals surface area contributed by atoms with Gasteiger partial charge in [0.25, 0.3) is 0 Å². The highest BCUT2D eigenvalue weighted by Crippen LogP contribution is 2.36. The number of benzene rings is 2. The first-order chi connectivity index (χ1) is 13.0. The minimum atomic E-state index is -0.0557. The van der Waals surface area contributed by atoms with E-state index in [1.807, 2.05) is 48.5 Å². The monoisotopic (exact) mass is 415 g/mol. The molecule has 138 valence electrons. The second-order valence-electron chi connectivity index (χ2n) is 6.82. The van der Waals surface area contributed by atoms with E-state index >= 15 is 0 Å². The van der Waals surface area contributed by atoms with E-state index < -0.39 is 0 Å². The zero-order chi connectivity index (χ0) is 19.0. The van der Waals surface area contributed by atoms with E-state index in [0.717, 1.165) is 45.5 Å². The molecule has 6 heteroatoms. The second kappa shape index (κ2) is 7.64. The average Bonchev–Trinajstić information content (AvgIpc) is 2.64. The van der Waals surface area contributed by atoms with Gasteiger partial charge in [-0.3, -0.25) is 4.90 Å². The Balaban J connectivity index is 1.84. The SMILES string of the molecule is CN1CC2=C(NC(=S)N[C@H]2c2ccccc2Cl)/C(=C/c2ccccc2Cl)C1. The van der Waals surface area contributed by atoms with Gasteiger partial charge in [0.1, 0.15) is 0 Å². The van der Waals surface area contributed by atoms with Crippen LogP contribution in [0.3, 0.4) is 0 Å². The van der Waals surface area contributed by atoms with Gasteiger partial charge < -0.3 is 10.6 Å². The summed E-state index contributed by atoms with van der Waals surface area (Å²) in [4.78, 5) is 2.28. The molecular formula is C21H19Cl2N3S. The second-order valence-corrected chi connectivity index (χ2v) is 8.04. The maximum Gasteiger partial charge on any atom is 0.171 e. The fourth-order valence-corrected chi connectivity index (χ4v) is 4.29. The van der Waals surface area contributed by atoms with Crippen LogP contribution in [0.5, 0.6) is 0 Å². The van der Waals surface area contributed by atoms with Crippen molar-refractivity contribution in [1.82, 2.24) is 15.5 Å². The van der Waals surface area contributed by atoms with Crippen LogP contribution in [0.2, 0.25) is 10.0 Å². The van der Waals surface area contributed by atoms with E-state index in [4.69, 9.17) is 35.4 Å². The van der Waals surface area contributed by atoms with Crippen molar-refractivity contribution in [1.29, 1.82) is 0 Å². The number of halogens is 2. The van der Waals surface area contributed by atoms with Gasteiger partial charge >= 0.3 is 0 Å². The number of hydrogen-bond acceptors (Lipinski definition) is 2. The Bertz CT molecular complexity index is 967. The third kappa shape index (κ3) is 3.76. The highest BCUT2D eigenvalue weighted by molar-refractivity contribution is 7.80. The summed E-state index contributed by atoms with van der Waals surface area (Å²) in [6.07, 6.45) is 2.14. The lowest BCUT2D eigenvalue weighted by Gasteiger charge is -2.39. The maximum absolute atomic E-state index is 6.49. The van der Waals surface area contributed by atoms with E-state index in [9.17, 15) is 0 Å². The molecule has 2 aromatic carbocycles. The van der Waals surface area contributed by atoms with Crippen LogP contribution in [0.15, 0.2) is 65.4 Å². The molecule has 27 heavy (non-hydrogen) atoms. The molecule has 0 radical (unpaired) electrons. The lowest BCUT2D eigenvalue weighted by molar-refractivity contribution is 0.364. The summed E-state index contributed by atoms with van der Waals surface area (Å²) in [6.45, 7) is 1.64. The van der Waals surface area contributed by atoms with Crippen LogP contribution in [0.4, 0.5) is 0 Å². The Morgan fingerprint density at radius 2 is 1.74 bits per heavy atom. The molecule has 0 saturated carbocycles. The van der Waals surface area contributed by atoms with Crippen LogP contribution in [-0.2, 0) is 0 Å². The van der Waals surface area contributed by atoms with Crippen molar-refractivity contribution in [3.05, 3.63) is 86.5 Å². The highest BCUT2D eigenvalue weighted by atomic mass is 35.5. The fourth-order valence-electron chi connectivity index (χ4n) is 3.64. The van der Waals surface area contributed by atoms with Gasteiger partial charge in [-0.15, -0.1) is 0 Å². The summed E-state index contributed by atoms with van der Waals surface area (Å²) in [6, 6.07) is 15.7. The molecule has 2 aliphatic heterocycles. The Morgan fingerprint density at radius 3 is 2.48 bits per heavy atom. The molecule has 2 aromatic rings. The topological polar surface area (TPSA) is 27.3 Å². The van der Waals surface area contributed by atoms with Crippen molar-refractivity contribution in [3.8, 4) is 0 Å². The predicted molar refractivity (Wildman–Crippen MR) is 117 cm³/mol. The number of hydrogen-bond donors (Lipinski definition) is 2. The minimum Gasteiger partial charge on any atom is -0.352 e. The van der Waals surface area contributed by atoms with E-state index in [1.54, 1.807) is 0 Å². The molecule has 1 atom stereocenters. The van der Waals surface area contributed by atoms with E-state index in [-0.39, 0.29) is 6.04 Å². The molecule has 0 unspecified atom stereocenters. The molecule has 0 aliphatic carbocycles. The Labute approximate surface area is 174 Å². The first-order valence-electron chi connectivity index (χ1n) is 8.72. The van der Waals surface area contributed by atoms with Crippen LogP contribution in [-0.4, -0.2) is 30.1 Å². The maximum atomic E-state index is 6.49. The lowest BCUT2D eigenvalue weighted by Crippen LogP contribution is -2.49. The van der Waals surface area contributed by atoms with Gasteiger partial charge in [0.05, 0.1) is 6.04 Å². The molecule has 0 fully saturated rings. The number of likely N-dealkylation sites (N-methyl/N-ethyl adjacent to an activating group) is 1. The summed E-state index contributed by atoms with van der Waals surface area (Å²) in [5.41, 5.74) is 5.48. The third-order valence-electron chi connectivity index (χ3n) is 4.84. The number of nitrogens with one attached hydrogen (secondary N) is 2. The van der Waals surface area contributed by atoms with Crippen molar-refractivity contribution >= 4 is 46.6 Å². The Morgan fingerprint density at radius 1 is 1.04 bits per heavy atom. The van der Waals surface area contributed by atoms with Gasteiger partial charge in [-0.25, -0.2) is 0 Å². The Hall–Kier alpha value is -1.85. The smallest absolute Gasteiger partial charge is 0.171 e. The summed E-state index contributed by atoms with van der Waals surface area (Å²) in [5.74, 6) is 0. The van der Waals surface area contributed by atoms with Crippen molar-refractivity contribution in [2.24, 2.45) is 0 Å². The molecule has 3 nitrogen and oxygen atoms in total. The van der Waals surface area contributed by atoms with Crippen LogP contribution in [0, 0.1) is 0 Å². The van der Waals surface area contributed by atoms with E-state index in [0.29, 0.717) is 5.11 Å². The Kier molecular flexibility index (Phi) is 5.24. The van der Waals surface area contributed by atoms with Gasteiger partial charge in [0.15, 0.2) is 5.11 Å². The number of rotatable bonds is 2. The van der Waals surface area contributed by atoms with Gasteiger partial charge in [-0.05, 0) is 59.7 Å². The average molecular weight is 416 g/mol. The third-order valence-corrected chi connectivity index (χ3v) is 5.74. The fraction of sp³-hybridized carbons (Fsp3) is 0.190. The summed E-state index contributed by atoms with van der Waals surface area (Å²) in [5, 5.41) is 8.83. The van der Waals surface area contributed by atoms with Crippen molar-refractivity contribution in [2.75, 3.05) is 20.1 Å². The first-order valence-corrected chi connectivity index (χ1v) is 9.88. The lowest BCUT2D eigenvalue weighted by atomic mass is 9.89.